The maximum absolute atomic E-state index is 10.3. The average molecular weight is 328 g/mol. The molecular formula is C19H24N2O3. The Kier molecular flexibility index (Phi) is 4.65. The smallest absolute Gasteiger partial charge is 0.167 e. The summed E-state index contributed by atoms with van der Waals surface area (Å²) in [5.41, 5.74) is 1.98. The van der Waals surface area contributed by atoms with Crippen LogP contribution in [0.5, 0.6) is 0 Å². The van der Waals surface area contributed by atoms with Crippen LogP contribution in [-0.4, -0.2) is 47.1 Å². The highest BCUT2D eigenvalue weighted by atomic mass is 16.5. The van der Waals surface area contributed by atoms with Crippen molar-refractivity contribution >= 4 is 0 Å². The monoisotopic (exact) mass is 328 g/mol. The van der Waals surface area contributed by atoms with Crippen LogP contribution in [0, 0.1) is 5.92 Å². The number of aliphatic hydroxyl groups excluding tert-OH is 1. The number of aliphatic hydroxyl groups is 1. The third-order valence-electron chi connectivity index (χ3n) is 5.29. The fourth-order valence-corrected chi connectivity index (χ4v) is 4.00. The maximum atomic E-state index is 10.3. The normalized spacial score (nSPS) is 28.3. The lowest BCUT2D eigenvalue weighted by molar-refractivity contribution is -0.0543. The second kappa shape index (κ2) is 7.05. The minimum absolute atomic E-state index is 0.198. The first kappa shape index (κ1) is 15.8. The van der Waals surface area contributed by atoms with Gasteiger partial charge in [-0.3, -0.25) is 4.90 Å². The van der Waals surface area contributed by atoms with Gasteiger partial charge in [-0.25, -0.2) is 0 Å². The van der Waals surface area contributed by atoms with E-state index in [9.17, 15) is 5.11 Å². The molecule has 0 amide bonds. The van der Waals surface area contributed by atoms with Crippen molar-refractivity contribution in [2.45, 2.75) is 38.0 Å². The van der Waals surface area contributed by atoms with Gasteiger partial charge in [-0.1, -0.05) is 41.9 Å². The van der Waals surface area contributed by atoms with Gasteiger partial charge in [0.1, 0.15) is 0 Å². The minimum atomic E-state index is -0.198. The molecule has 1 aromatic heterocycles. The molecule has 5 heteroatoms. The van der Waals surface area contributed by atoms with Crippen LogP contribution < -0.4 is 0 Å². The topological polar surface area (TPSA) is 58.7 Å². The van der Waals surface area contributed by atoms with Crippen LogP contribution in [0.1, 0.15) is 25.0 Å². The van der Waals surface area contributed by atoms with E-state index >= 15 is 0 Å². The van der Waals surface area contributed by atoms with Gasteiger partial charge in [-0.15, -0.1) is 0 Å². The van der Waals surface area contributed by atoms with Crippen LogP contribution in [0.25, 0.3) is 11.3 Å². The van der Waals surface area contributed by atoms with Crippen LogP contribution in [0.3, 0.4) is 0 Å². The van der Waals surface area contributed by atoms with E-state index in [4.69, 9.17) is 9.26 Å². The molecule has 128 valence electrons. The van der Waals surface area contributed by atoms with Crippen LogP contribution in [0.4, 0.5) is 0 Å². The van der Waals surface area contributed by atoms with E-state index in [0.717, 1.165) is 56.0 Å². The summed E-state index contributed by atoms with van der Waals surface area (Å²) in [6, 6.07) is 12.3. The molecule has 24 heavy (non-hydrogen) atoms. The van der Waals surface area contributed by atoms with Crippen molar-refractivity contribution in [2.24, 2.45) is 5.92 Å². The predicted octanol–water partition coefficient (Wildman–Crippen LogP) is 2.70. The molecule has 1 aliphatic carbocycles. The van der Waals surface area contributed by atoms with Crippen molar-refractivity contribution in [3.05, 3.63) is 42.1 Å². The van der Waals surface area contributed by atoms with Gasteiger partial charge in [0.05, 0.1) is 25.0 Å². The average Bonchev–Trinajstić information content (AvgIpc) is 3.25. The van der Waals surface area contributed by atoms with Gasteiger partial charge < -0.3 is 14.4 Å². The van der Waals surface area contributed by atoms with Crippen molar-refractivity contribution in [2.75, 3.05) is 19.8 Å². The standard InChI is InChI=1S/C19H24N2O3/c22-18-8-4-7-16(18)17-13-23-10-9-21(17)12-15-11-19(24-20-15)14-5-2-1-3-6-14/h1-3,5-6,11,16-18,22H,4,7-10,12-13H2/t16-,17+,18-/m1/s1. The Morgan fingerprint density at radius 1 is 1.21 bits per heavy atom. The molecule has 0 radical (unpaired) electrons. The van der Waals surface area contributed by atoms with Crippen molar-refractivity contribution in [3.8, 4) is 11.3 Å². The van der Waals surface area contributed by atoms with Gasteiger partial charge in [-0.05, 0) is 12.8 Å². The zero-order valence-electron chi connectivity index (χ0n) is 13.8. The molecule has 1 saturated heterocycles. The van der Waals surface area contributed by atoms with E-state index in [2.05, 4.69) is 10.1 Å². The zero-order valence-corrected chi connectivity index (χ0v) is 13.8. The Balaban J connectivity index is 1.48. The lowest BCUT2D eigenvalue weighted by atomic mass is 9.94. The summed E-state index contributed by atoms with van der Waals surface area (Å²) in [6.45, 7) is 3.06. The molecule has 2 aliphatic rings. The number of hydrogen-bond acceptors (Lipinski definition) is 5. The summed E-state index contributed by atoms with van der Waals surface area (Å²) >= 11 is 0. The van der Waals surface area contributed by atoms with E-state index in [1.807, 2.05) is 36.4 Å². The predicted molar refractivity (Wildman–Crippen MR) is 90.3 cm³/mol. The molecule has 0 spiro atoms. The summed E-state index contributed by atoms with van der Waals surface area (Å²) in [6.07, 6.45) is 2.91. The fourth-order valence-electron chi connectivity index (χ4n) is 4.00. The largest absolute Gasteiger partial charge is 0.393 e. The van der Waals surface area contributed by atoms with E-state index in [1.165, 1.54) is 0 Å². The van der Waals surface area contributed by atoms with Crippen LogP contribution in [0.15, 0.2) is 40.9 Å². The number of ether oxygens (including phenoxy) is 1. The van der Waals surface area contributed by atoms with Crippen LogP contribution in [-0.2, 0) is 11.3 Å². The summed E-state index contributed by atoms with van der Waals surface area (Å²) in [5.74, 6) is 1.11. The number of aromatic nitrogens is 1. The quantitative estimate of drug-likeness (QED) is 0.935. The van der Waals surface area contributed by atoms with Gasteiger partial charge in [0, 0.05) is 36.7 Å². The molecule has 4 rings (SSSR count). The molecule has 2 aromatic rings. The molecule has 3 atom stereocenters. The number of nitrogens with zero attached hydrogens (tertiary/aromatic N) is 2. The van der Waals surface area contributed by atoms with Crippen molar-refractivity contribution in [1.82, 2.24) is 10.1 Å². The molecule has 0 unspecified atom stereocenters. The lowest BCUT2D eigenvalue weighted by Gasteiger charge is -2.39. The Bertz CT molecular complexity index is 658. The van der Waals surface area contributed by atoms with Gasteiger partial charge >= 0.3 is 0 Å². The second-order valence-electron chi connectivity index (χ2n) is 6.82. The van der Waals surface area contributed by atoms with Gasteiger partial charge in [0.15, 0.2) is 5.76 Å². The Morgan fingerprint density at radius 2 is 2.08 bits per heavy atom. The number of benzene rings is 1. The maximum Gasteiger partial charge on any atom is 0.167 e. The van der Waals surface area contributed by atoms with Crippen molar-refractivity contribution in [3.63, 3.8) is 0 Å². The lowest BCUT2D eigenvalue weighted by Crippen LogP contribution is -2.50. The van der Waals surface area contributed by atoms with E-state index in [-0.39, 0.29) is 12.1 Å². The number of hydrogen-bond donors (Lipinski definition) is 1. The molecule has 1 aliphatic heterocycles. The Labute approximate surface area is 142 Å². The number of rotatable bonds is 4. The highest BCUT2D eigenvalue weighted by Gasteiger charge is 2.37. The third kappa shape index (κ3) is 3.24. The highest BCUT2D eigenvalue weighted by molar-refractivity contribution is 5.56. The van der Waals surface area contributed by atoms with E-state index in [1.54, 1.807) is 0 Å². The summed E-state index contributed by atoms with van der Waals surface area (Å²) in [7, 11) is 0. The summed E-state index contributed by atoms with van der Waals surface area (Å²) < 4.78 is 11.2. The van der Waals surface area contributed by atoms with Gasteiger partial charge in [0.25, 0.3) is 0 Å². The van der Waals surface area contributed by atoms with Crippen molar-refractivity contribution < 1.29 is 14.4 Å². The first-order valence-corrected chi connectivity index (χ1v) is 8.82. The fraction of sp³-hybridized carbons (Fsp3) is 0.526. The molecule has 1 aromatic carbocycles. The molecule has 5 nitrogen and oxygen atoms in total. The van der Waals surface area contributed by atoms with Gasteiger partial charge in [0.2, 0.25) is 0 Å². The summed E-state index contributed by atoms with van der Waals surface area (Å²) in [4.78, 5) is 2.40. The highest BCUT2D eigenvalue weighted by Crippen LogP contribution is 2.33. The second-order valence-corrected chi connectivity index (χ2v) is 6.82. The number of morpholine rings is 1. The molecule has 2 heterocycles. The molecule has 1 N–H and O–H groups in total. The Morgan fingerprint density at radius 3 is 2.88 bits per heavy atom. The minimum Gasteiger partial charge on any atom is -0.393 e. The first-order chi connectivity index (χ1) is 11.8. The molecule has 2 fully saturated rings. The van der Waals surface area contributed by atoms with Gasteiger partial charge in [-0.2, -0.15) is 0 Å². The van der Waals surface area contributed by atoms with Crippen LogP contribution >= 0.6 is 0 Å². The first-order valence-electron chi connectivity index (χ1n) is 8.82. The Hall–Kier alpha value is -1.69. The molecular weight excluding hydrogens is 304 g/mol. The SMILES string of the molecule is O[C@@H]1CCC[C@@H]1[C@@H]1COCCN1Cc1cc(-c2ccccc2)on1. The third-order valence-corrected chi connectivity index (χ3v) is 5.29. The molecule has 0 bridgehead atoms. The van der Waals surface area contributed by atoms with Crippen molar-refractivity contribution in [1.29, 1.82) is 0 Å². The van der Waals surface area contributed by atoms with E-state index in [0.29, 0.717) is 12.5 Å². The molecule has 1 saturated carbocycles. The van der Waals surface area contributed by atoms with Crippen LogP contribution in [0.2, 0.25) is 0 Å². The van der Waals surface area contributed by atoms with E-state index < -0.39 is 0 Å². The zero-order chi connectivity index (χ0) is 16.4. The summed E-state index contributed by atoms with van der Waals surface area (Å²) in [5, 5.41) is 14.5.